The van der Waals surface area contributed by atoms with Gasteiger partial charge in [-0.15, -0.1) is 0 Å². The van der Waals surface area contributed by atoms with E-state index >= 15 is 0 Å². The van der Waals surface area contributed by atoms with Crippen molar-refractivity contribution in [3.05, 3.63) is 46.5 Å². The molecule has 1 amide bonds. The number of carbonyl (C=O) groups excluding carboxylic acids is 1. The Bertz CT molecular complexity index is 583. The number of furan rings is 1. The lowest BCUT2D eigenvalue weighted by Crippen LogP contribution is -2.14. The van der Waals surface area contributed by atoms with Gasteiger partial charge in [0.2, 0.25) is 0 Å². The van der Waals surface area contributed by atoms with Crippen molar-refractivity contribution in [2.75, 3.05) is 5.32 Å². The summed E-state index contributed by atoms with van der Waals surface area (Å²) in [5, 5.41) is 2.77. The van der Waals surface area contributed by atoms with Crippen LogP contribution in [0.1, 0.15) is 33.0 Å². The van der Waals surface area contributed by atoms with Crippen molar-refractivity contribution < 1.29 is 9.21 Å². The van der Waals surface area contributed by atoms with Crippen molar-refractivity contribution in [3.8, 4) is 0 Å². The number of pyridine rings is 1. The average molecular weight is 244 g/mol. The molecule has 0 fully saturated rings. The number of nitrogens with one attached hydrogen (secondary N) is 1. The monoisotopic (exact) mass is 244 g/mol. The average Bonchev–Trinajstić information content (AvgIpc) is 2.56. The molecule has 2 heterocycles. The quantitative estimate of drug-likeness (QED) is 0.882. The molecule has 2 aromatic heterocycles. The van der Waals surface area contributed by atoms with Crippen molar-refractivity contribution in [3.63, 3.8) is 0 Å². The van der Waals surface area contributed by atoms with Gasteiger partial charge in [-0.1, -0.05) is 6.07 Å². The van der Waals surface area contributed by atoms with E-state index in [9.17, 15) is 4.79 Å². The first-order chi connectivity index (χ1) is 8.49. The molecule has 0 spiro atoms. The summed E-state index contributed by atoms with van der Waals surface area (Å²) in [6, 6.07) is 3.69. The second-order valence-electron chi connectivity index (χ2n) is 4.39. The Kier molecular flexibility index (Phi) is 3.19. The predicted molar refractivity (Wildman–Crippen MR) is 69.8 cm³/mol. The fourth-order valence-electron chi connectivity index (χ4n) is 1.85. The van der Waals surface area contributed by atoms with E-state index in [0.717, 1.165) is 16.9 Å². The van der Waals surface area contributed by atoms with Crippen LogP contribution in [0.15, 0.2) is 22.7 Å². The summed E-state index contributed by atoms with van der Waals surface area (Å²) in [7, 11) is 0. The molecule has 0 aliphatic carbocycles. The molecule has 0 bridgehead atoms. The van der Waals surface area contributed by atoms with Crippen molar-refractivity contribution >= 4 is 11.7 Å². The number of hydrogen-bond donors (Lipinski definition) is 1. The SMILES string of the molecule is Cc1ccc(NC(=O)c2c(C)oc(C)c2C)nc1. The standard InChI is InChI=1S/C14H16N2O2/c1-8-5-6-12(15-7-8)16-14(17)13-9(2)10(3)18-11(13)4/h5-7H,1-4H3,(H,15,16,17). The van der Waals surface area contributed by atoms with E-state index in [0.29, 0.717) is 17.1 Å². The molecular formula is C14H16N2O2. The van der Waals surface area contributed by atoms with Gasteiger partial charge in [0.05, 0.1) is 5.56 Å². The molecule has 0 radical (unpaired) electrons. The zero-order valence-electron chi connectivity index (χ0n) is 11.0. The highest BCUT2D eigenvalue weighted by molar-refractivity contribution is 6.05. The summed E-state index contributed by atoms with van der Waals surface area (Å²) in [5.74, 6) is 1.77. The molecule has 2 aromatic rings. The number of nitrogens with zero attached hydrogens (tertiary/aromatic N) is 1. The van der Waals surface area contributed by atoms with Gasteiger partial charge in [0.1, 0.15) is 17.3 Å². The third-order valence-corrected chi connectivity index (χ3v) is 2.94. The highest BCUT2D eigenvalue weighted by atomic mass is 16.3. The van der Waals surface area contributed by atoms with Crippen molar-refractivity contribution in [1.82, 2.24) is 4.98 Å². The molecule has 4 nitrogen and oxygen atoms in total. The number of aryl methyl sites for hydroxylation is 3. The largest absolute Gasteiger partial charge is 0.466 e. The van der Waals surface area contributed by atoms with Crippen LogP contribution in [-0.2, 0) is 0 Å². The number of aromatic nitrogens is 1. The Balaban J connectivity index is 2.24. The lowest BCUT2D eigenvalue weighted by atomic mass is 10.1. The summed E-state index contributed by atoms with van der Waals surface area (Å²) < 4.78 is 5.44. The maximum Gasteiger partial charge on any atom is 0.260 e. The third kappa shape index (κ3) is 2.27. The van der Waals surface area contributed by atoms with Crippen LogP contribution >= 0.6 is 0 Å². The Labute approximate surface area is 106 Å². The number of carbonyl (C=O) groups is 1. The molecule has 0 saturated carbocycles. The van der Waals surface area contributed by atoms with Gasteiger partial charge < -0.3 is 9.73 Å². The topological polar surface area (TPSA) is 55.1 Å². The zero-order valence-corrected chi connectivity index (χ0v) is 11.0. The van der Waals surface area contributed by atoms with Crippen LogP contribution in [0.2, 0.25) is 0 Å². The molecule has 0 unspecified atom stereocenters. The highest BCUT2D eigenvalue weighted by Crippen LogP contribution is 2.21. The Hall–Kier alpha value is -2.10. The molecule has 18 heavy (non-hydrogen) atoms. The fourth-order valence-corrected chi connectivity index (χ4v) is 1.85. The summed E-state index contributed by atoms with van der Waals surface area (Å²) in [5.41, 5.74) is 2.52. The van der Waals surface area contributed by atoms with Crippen LogP contribution in [-0.4, -0.2) is 10.9 Å². The molecule has 2 rings (SSSR count). The van der Waals surface area contributed by atoms with Gasteiger partial charge in [0.25, 0.3) is 5.91 Å². The number of rotatable bonds is 2. The second-order valence-corrected chi connectivity index (χ2v) is 4.39. The molecule has 0 atom stereocenters. The molecule has 4 heteroatoms. The van der Waals surface area contributed by atoms with Crippen molar-refractivity contribution in [2.45, 2.75) is 27.7 Å². The molecular weight excluding hydrogens is 228 g/mol. The van der Waals surface area contributed by atoms with Crippen LogP contribution in [0.25, 0.3) is 0 Å². The minimum Gasteiger partial charge on any atom is -0.466 e. The summed E-state index contributed by atoms with van der Waals surface area (Å²) in [4.78, 5) is 16.3. The normalized spacial score (nSPS) is 10.4. The first-order valence-electron chi connectivity index (χ1n) is 5.79. The predicted octanol–water partition coefficient (Wildman–Crippen LogP) is 3.16. The summed E-state index contributed by atoms with van der Waals surface area (Å²) >= 11 is 0. The first kappa shape index (κ1) is 12.4. The molecule has 94 valence electrons. The van der Waals surface area contributed by atoms with Crippen LogP contribution in [0.3, 0.4) is 0 Å². The minimum atomic E-state index is -0.182. The Morgan fingerprint density at radius 2 is 1.89 bits per heavy atom. The maximum absolute atomic E-state index is 12.1. The van der Waals surface area contributed by atoms with E-state index in [1.807, 2.05) is 26.8 Å². The molecule has 1 N–H and O–H groups in total. The van der Waals surface area contributed by atoms with Crippen LogP contribution < -0.4 is 5.32 Å². The van der Waals surface area contributed by atoms with E-state index in [1.54, 1.807) is 19.2 Å². The van der Waals surface area contributed by atoms with Gasteiger partial charge in [-0.3, -0.25) is 4.79 Å². The first-order valence-corrected chi connectivity index (χ1v) is 5.79. The van der Waals surface area contributed by atoms with Gasteiger partial charge in [0.15, 0.2) is 0 Å². The minimum absolute atomic E-state index is 0.182. The van der Waals surface area contributed by atoms with E-state index in [-0.39, 0.29) is 5.91 Å². The second kappa shape index (κ2) is 4.64. The van der Waals surface area contributed by atoms with E-state index < -0.39 is 0 Å². The third-order valence-electron chi connectivity index (χ3n) is 2.94. The van der Waals surface area contributed by atoms with Crippen molar-refractivity contribution in [2.24, 2.45) is 0 Å². The van der Waals surface area contributed by atoms with E-state index in [4.69, 9.17) is 4.42 Å². The van der Waals surface area contributed by atoms with Gasteiger partial charge in [-0.25, -0.2) is 4.98 Å². The number of hydrogen-bond acceptors (Lipinski definition) is 3. The van der Waals surface area contributed by atoms with Gasteiger partial charge in [-0.2, -0.15) is 0 Å². The van der Waals surface area contributed by atoms with Crippen LogP contribution in [0, 0.1) is 27.7 Å². The van der Waals surface area contributed by atoms with Crippen LogP contribution in [0.4, 0.5) is 5.82 Å². The Morgan fingerprint density at radius 1 is 1.17 bits per heavy atom. The Morgan fingerprint density at radius 3 is 2.39 bits per heavy atom. The number of anilines is 1. The summed E-state index contributed by atoms with van der Waals surface area (Å²) in [6.07, 6.45) is 1.72. The molecule has 0 saturated heterocycles. The zero-order chi connectivity index (χ0) is 13.3. The van der Waals surface area contributed by atoms with E-state index in [1.165, 1.54) is 0 Å². The molecule has 0 aliphatic heterocycles. The molecule has 0 aromatic carbocycles. The van der Waals surface area contributed by atoms with E-state index in [2.05, 4.69) is 10.3 Å². The highest BCUT2D eigenvalue weighted by Gasteiger charge is 2.18. The van der Waals surface area contributed by atoms with Gasteiger partial charge in [-0.05, 0) is 39.3 Å². The fraction of sp³-hybridized carbons (Fsp3) is 0.286. The lowest BCUT2D eigenvalue weighted by molar-refractivity contribution is 0.102. The number of amides is 1. The van der Waals surface area contributed by atoms with Crippen molar-refractivity contribution in [1.29, 1.82) is 0 Å². The smallest absolute Gasteiger partial charge is 0.260 e. The lowest BCUT2D eigenvalue weighted by Gasteiger charge is -2.04. The van der Waals surface area contributed by atoms with Crippen LogP contribution in [0.5, 0.6) is 0 Å². The molecule has 0 aliphatic rings. The maximum atomic E-state index is 12.1. The van der Waals surface area contributed by atoms with Gasteiger partial charge >= 0.3 is 0 Å². The van der Waals surface area contributed by atoms with Gasteiger partial charge in [0, 0.05) is 11.8 Å². The summed E-state index contributed by atoms with van der Waals surface area (Å²) in [6.45, 7) is 7.47.